The quantitative estimate of drug-likeness (QED) is 0.405. The predicted molar refractivity (Wildman–Crippen MR) is 136 cm³/mol. The van der Waals surface area contributed by atoms with Gasteiger partial charge in [-0.15, -0.1) is 0 Å². The molecule has 1 fully saturated rings. The summed E-state index contributed by atoms with van der Waals surface area (Å²) in [7, 11) is -4.13. The van der Waals surface area contributed by atoms with Gasteiger partial charge in [0.2, 0.25) is 21.8 Å². The van der Waals surface area contributed by atoms with Crippen molar-refractivity contribution in [3.63, 3.8) is 0 Å². The van der Waals surface area contributed by atoms with Crippen molar-refractivity contribution in [2.75, 3.05) is 6.54 Å². The third-order valence-electron chi connectivity index (χ3n) is 6.87. The van der Waals surface area contributed by atoms with Gasteiger partial charge in [0.15, 0.2) is 0 Å². The highest BCUT2D eigenvalue weighted by Gasteiger charge is 2.49. The van der Waals surface area contributed by atoms with Gasteiger partial charge in [-0.1, -0.05) is 26.8 Å². The molecule has 1 unspecified atom stereocenters. The lowest BCUT2D eigenvalue weighted by Crippen LogP contribution is -2.50. The standard InChI is InChI=1S/C27H27F5N4O3S/c1-26(2,3)21-10-11-36(40(38,39)19-7-5-18(28)6-8-19)23(21)24(37)33-13-16-4-9-22(29)20(12-16)17-14-34-25(35-15-17)27(30,31)32/h4-9,12,14-15,21,23H,10-11,13H2,1-3H3,(H,33,37)/t21?,23-/m0/s1. The summed E-state index contributed by atoms with van der Waals surface area (Å²) in [4.78, 5) is 19.9. The lowest BCUT2D eigenvalue weighted by molar-refractivity contribution is -0.145. The fourth-order valence-corrected chi connectivity index (χ4v) is 6.44. The maximum Gasteiger partial charge on any atom is 0.451 e. The first-order valence-corrected chi connectivity index (χ1v) is 13.8. The number of nitrogens with one attached hydrogen (secondary N) is 1. The van der Waals surface area contributed by atoms with Gasteiger partial charge in [0.25, 0.3) is 0 Å². The Bertz CT molecular complexity index is 1490. The number of rotatable bonds is 6. The van der Waals surface area contributed by atoms with Gasteiger partial charge in [-0.25, -0.2) is 27.2 Å². The summed E-state index contributed by atoms with van der Waals surface area (Å²) in [6.45, 7) is 5.71. The Hall–Kier alpha value is -3.45. The fourth-order valence-electron chi connectivity index (χ4n) is 4.81. The Balaban J connectivity index is 1.57. The summed E-state index contributed by atoms with van der Waals surface area (Å²) in [5, 5.41) is 2.73. The van der Waals surface area contributed by atoms with E-state index in [2.05, 4.69) is 15.3 Å². The molecule has 2 atom stereocenters. The van der Waals surface area contributed by atoms with Crippen LogP contribution in [-0.2, 0) is 27.5 Å². The number of carbonyl (C=O) groups excluding carboxylic acids is 1. The number of alkyl halides is 3. The van der Waals surface area contributed by atoms with Gasteiger partial charge in [0.05, 0.1) is 4.90 Å². The zero-order valence-corrected chi connectivity index (χ0v) is 22.7. The molecule has 1 N–H and O–H groups in total. The minimum Gasteiger partial charge on any atom is -0.351 e. The van der Waals surface area contributed by atoms with Crippen molar-refractivity contribution in [2.24, 2.45) is 11.3 Å². The molecule has 0 aliphatic carbocycles. The molecule has 1 saturated heterocycles. The normalized spacial score (nSPS) is 18.6. The monoisotopic (exact) mass is 582 g/mol. The Morgan fingerprint density at radius 2 is 1.65 bits per heavy atom. The smallest absolute Gasteiger partial charge is 0.351 e. The van der Waals surface area contributed by atoms with Crippen LogP contribution in [0.4, 0.5) is 22.0 Å². The Labute approximate surface area is 228 Å². The van der Waals surface area contributed by atoms with E-state index in [1.807, 2.05) is 20.8 Å². The third-order valence-corrected chi connectivity index (χ3v) is 8.76. The summed E-state index contributed by atoms with van der Waals surface area (Å²) in [6, 6.07) is 7.16. The SMILES string of the molecule is CC(C)(C)C1CCN(S(=O)(=O)c2ccc(F)cc2)[C@@H]1C(=O)NCc1ccc(F)c(-c2cnc(C(F)(F)F)nc2)c1. The topological polar surface area (TPSA) is 92.3 Å². The van der Waals surface area contributed by atoms with E-state index in [1.54, 1.807) is 0 Å². The van der Waals surface area contributed by atoms with Gasteiger partial charge in [0, 0.05) is 36.6 Å². The molecule has 0 spiro atoms. The van der Waals surface area contributed by atoms with Crippen LogP contribution >= 0.6 is 0 Å². The molecule has 0 saturated carbocycles. The number of hydrogen-bond acceptors (Lipinski definition) is 5. The van der Waals surface area contributed by atoms with Crippen LogP contribution in [0.3, 0.4) is 0 Å². The second-order valence-electron chi connectivity index (χ2n) is 10.6. The molecule has 1 aromatic heterocycles. The average molecular weight is 583 g/mol. The molecule has 214 valence electrons. The van der Waals surface area contributed by atoms with E-state index in [-0.39, 0.29) is 35.0 Å². The second kappa shape index (κ2) is 10.8. The molecule has 1 aliphatic heterocycles. The number of carbonyl (C=O) groups is 1. The highest BCUT2D eigenvalue weighted by Crippen LogP contribution is 2.41. The van der Waals surface area contributed by atoms with Crippen LogP contribution < -0.4 is 5.32 Å². The summed E-state index contributed by atoms with van der Waals surface area (Å²) in [6.07, 6.45) is -2.59. The largest absolute Gasteiger partial charge is 0.451 e. The number of hydrogen-bond donors (Lipinski definition) is 1. The molecule has 2 heterocycles. The van der Waals surface area contributed by atoms with Crippen LogP contribution in [0, 0.1) is 23.0 Å². The van der Waals surface area contributed by atoms with Crippen LogP contribution in [0.15, 0.2) is 59.8 Å². The average Bonchev–Trinajstić information content (AvgIpc) is 3.35. The fraction of sp³-hybridized carbons (Fsp3) is 0.370. The Morgan fingerprint density at radius 3 is 2.23 bits per heavy atom. The van der Waals surface area contributed by atoms with E-state index >= 15 is 0 Å². The van der Waals surface area contributed by atoms with Crippen molar-refractivity contribution in [1.82, 2.24) is 19.6 Å². The lowest BCUT2D eigenvalue weighted by Gasteiger charge is -2.34. The molecule has 3 aromatic rings. The zero-order valence-electron chi connectivity index (χ0n) is 21.8. The van der Waals surface area contributed by atoms with Crippen molar-refractivity contribution in [1.29, 1.82) is 0 Å². The summed E-state index contributed by atoms with van der Waals surface area (Å²) in [5.41, 5.74) is -0.0584. The minimum absolute atomic E-state index is 0.0128. The second-order valence-corrected chi connectivity index (χ2v) is 12.5. The van der Waals surface area contributed by atoms with Gasteiger partial charge in [-0.2, -0.15) is 17.5 Å². The molecule has 4 rings (SSSR count). The maximum atomic E-state index is 14.5. The summed E-state index contributed by atoms with van der Waals surface area (Å²) < 4.78 is 94.3. The number of sulfonamides is 1. The van der Waals surface area contributed by atoms with Crippen LogP contribution in [0.25, 0.3) is 11.1 Å². The molecular weight excluding hydrogens is 555 g/mol. The molecule has 0 bridgehead atoms. The van der Waals surface area contributed by atoms with E-state index in [0.717, 1.165) is 47.0 Å². The van der Waals surface area contributed by atoms with E-state index < -0.39 is 51.0 Å². The van der Waals surface area contributed by atoms with Crippen LogP contribution in [0.1, 0.15) is 38.6 Å². The molecule has 7 nitrogen and oxygen atoms in total. The summed E-state index contributed by atoms with van der Waals surface area (Å²) >= 11 is 0. The maximum absolute atomic E-state index is 14.5. The van der Waals surface area contributed by atoms with E-state index in [4.69, 9.17) is 0 Å². The van der Waals surface area contributed by atoms with Crippen LogP contribution in [0.2, 0.25) is 0 Å². The van der Waals surface area contributed by atoms with Gasteiger partial charge in [-0.05, 0) is 59.7 Å². The van der Waals surface area contributed by atoms with Gasteiger partial charge < -0.3 is 5.32 Å². The Morgan fingerprint density at radius 1 is 1.02 bits per heavy atom. The molecule has 2 aromatic carbocycles. The van der Waals surface area contributed by atoms with Gasteiger partial charge in [0.1, 0.15) is 17.7 Å². The van der Waals surface area contributed by atoms with Crippen molar-refractivity contribution in [2.45, 2.75) is 50.9 Å². The minimum atomic E-state index is -4.74. The lowest BCUT2D eigenvalue weighted by atomic mass is 9.76. The first-order valence-electron chi connectivity index (χ1n) is 12.3. The first kappa shape index (κ1) is 29.5. The van der Waals surface area contributed by atoms with Crippen molar-refractivity contribution < 1.29 is 35.2 Å². The van der Waals surface area contributed by atoms with Gasteiger partial charge in [-0.3, -0.25) is 4.79 Å². The number of amides is 1. The van der Waals surface area contributed by atoms with Gasteiger partial charge >= 0.3 is 6.18 Å². The third kappa shape index (κ3) is 6.15. The molecule has 1 aliphatic rings. The highest BCUT2D eigenvalue weighted by molar-refractivity contribution is 7.89. The predicted octanol–water partition coefficient (Wildman–Crippen LogP) is 5.18. The molecule has 1 amide bonds. The summed E-state index contributed by atoms with van der Waals surface area (Å²) in [5.74, 6) is -3.57. The molecule has 13 heteroatoms. The molecule has 40 heavy (non-hydrogen) atoms. The first-order chi connectivity index (χ1) is 18.6. The number of nitrogens with zero attached hydrogens (tertiary/aromatic N) is 3. The molecule has 0 radical (unpaired) electrons. The zero-order chi connectivity index (χ0) is 29.5. The van der Waals surface area contributed by atoms with E-state index in [0.29, 0.717) is 12.0 Å². The highest BCUT2D eigenvalue weighted by atomic mass is 32.2. The molecular formula is C27H27F5N4O3S. The van der Waals surface area contributed by atoms with Crippen LogP contribution in [0.5, 0.6) is 0 Å². The van der Waals surface area contributed by atoms with Crippen molar-refractivity contribution in [3.05, 3.63) is 77.9 Å². The van der Waals surface area contributed by atoms with E-state index in [1.165, 1.54) is 12.1 Å². The Kier molecular flexibility index (Phi) is 8.01. The number of halogens is 5. The number of benzene rings is 2. The van der Waals surface area contributed by atoms with Crippen molar-refractivity contribution >= 4 is 15.9 Å². The van der Waals surface area contributed by atoms with Crippen LogP contribution in [-0.4, -0.2) is 41.2 Å². The van der Waals surface area contributed by atoms with Crippen molar-refractivity contribution in [3.8, 4) is 11.1 Å². The number of aromatic nitrogens is 2. The van der Waals surface area contributed by atoms with E-state index in [9.17, 15) is 35.2 Å².